The molecule has 0 unspecified atom stereocenters. The topological polar surface area (TPSA) is 51.8 Å². The molecule has 178 valence electrons. The van der Waals surface area contributed by atoms with Gasteiger partial charge < -0.3 is 11.1 Å². The molecule has 2 heterocycles. The van der Waals surface area contributed by atoms with Crippen molar-refractivity contribution in [2.75, 3.05) is 25.6 Å². The van der Waals surface area contributed by atoms with Gasteiger partial charge in [-0.1, -0.05) is 20.8 Å². The number of ether oxygens (including phenoxy) is 1. The fraction of sp³-hybridized carbons (Fsp3) is 0.565. The summed E-state index contributed by atoms with van der Waals surface area (Å²) in [5, 5.41) is 0. The van der Waals surface area contributed by atoms with Crippen LogP contribution in [0.1, 0.15) is 56.7 Å². The molecular formula is C23H32F3N4NaO2. The average molecular weight is 477 g/mol. The number of carbonyl (C=O) groups excluding carboxylic acids is 1. The van der Waals surface area contributed by atoms with E-state index in [4.69, 9.17) is 4.74 Å². The quantitative estimate of drug-likeness (QED) is 0.625. The summed E-state index contributed by atoms with van der Waals surface area (Å²) in [6.07, 6.45) is -2.65. The fourth-order valence-electron chi connectivity index (χ4n) is 4.00. The molecular weight excluding hydrogens is 444 g/mol. The molecule has 0 saturated carbocycles. The molecule has 6 nitrogen and oxygen atoms in total. The summed E-state index contributed by atoms with van der Waals surface area (Å²) < 4.78 is 49.5. The molecule has 2 aromatic rings. The van der Waals surface area contributed by atoms with Gasteiger partial charge in [0.2, 0.25) is 0 Å². The Morgan fingerprint density at radius 3 is 2.42 bits per heavy atom. The molecule has 10 heteroatoms. The minimum Gasteiger partial charge on any atom is -1.00 e. The summed E-state index contributed by atoms with van der Waals surface area (Å²) in [4.78, 5) is 19.1. The number of aromatic nitrogens is 2. The Bertz CT molecular complexity index is 1070. The minimum atomic E-state index is -4.55. The number of hydrogen-bond acceptors (Lipinski definition) is 3. The Morgan fingerprint density at radius 2 is 1.91 bits per heavy atom. The first kappa shape index (κ1) is 27.7. The van der Waals surface area contributed by atoms with Crippen LogP contribution in [0, 0.1) is 0 Å². The van der Waals surface area contributed by atoms with Crippen LogP contribution in [0.15, 0.2) is 29.3 Å². The third kappa shape index (κ3) is 6.32. The van der Waals surface area contributed by atoms with Gasteiger partial charge in [0.1, 0.15) is 0 Å². The van der Waals surface area contributed by atoms with Crippen LogP contribution in [-0.4, -0.2) is 42.1 Å². The number of halogens is 3. The van der Waals surface area contributed by atoms with Gasteiger partial charge >= 0.3 is 35.7 Å². The first-order valence-electron chi connectivity index (χ1n) is 10.7. The van der Waals surface area contributed by atoms with Crippen molar-refractivity contribution in [1.82, 2.24) is 9.36 Å². The van der Waals surface area contributed by atoms with Crippen LogP contribution in [0.25, 0.3) is 0 Å². The number of benzene rings is 1. The van der Waals surface area contributed by atoms with Crippen molar-refractivity contribution in [3.63, 3.8) is 0 Å². The van der Waals surface area contributed by atoms with E-state index in [0.29, 0.717) is 24.3 Å². The molecule has 0 radical (unpaired) electrons. The average Bonchev–Trinajstić information content (AvgIpc) is 3.30. The fourth-order valence-corrected chi connectivity index (χ4v) is 4.00. The van der Waals surface area contributed by atoms with Gasteiger partial charge in [-0.25, -0.2) is 0 Å². The summed E-state index contributed by atoms with van der Waals surface area (Å²) in [6, 6.07) is 4.98. The van der Waals surface area contributed by atoms with Gasteiger partial charge in [-0.05, 0) is 31.0 Å². The smallest absolute Gasteiger partial charge is 1.00 e. The minimum absolute atomic E-state index is 0. The Balaban J connectivity index is 0.00000289. The zero-order valence-corrected chi connectivity index (χ0v) is 22.5. The second-order valence-corrected chi connectivity index (χ2v) is 9.42. The summed E-state index contributed by atoms with van der Waals surface area (Å²) in [7, 11) is 5.25. The molecule has 0 aliphatic carbocycles. The van der Waals surface area contributed by atoms with Crippen LogP contribution in [0.4, 0.5) is 18.9 Å². The first-order valence-corrected chi connectivity index (χ1v) is 10.7. The van der Waals surface area contributed by atoms with Gasteiger partial charge in [-0.2, -0.15) is 18.2 Å². The van der Waals surface area contributed by atoms with E-state index in [2.05, 4.69) is 25.8 Å². The van der Waals surface area contributed by atoms with E-state index >= 15 is 0 Å². The van der Waals surface area contributed by atoms with Crippen LogP contribution in [-0.2, 0) is 29.9 Å². The van der Waals surface area contributed by atoms with E-state index in [0.717, 1.165) is 30.7 Å². The zero-order chi connectivity index (χ0) is 23.8. The van der Waals surface area contributed by atoms with Crippen LogP contribution in [0.2, 0.25) is 0 Å². The third-order valence-electron chi connectivity index (χ3n) is 5.66. The molecule has 1 aliphatic heterocycles. The number of rotatable bonds is 4. The van der Waals surface area contributed by atoms with E-state index in [1.807, 2.05) is 22.5 Å². The Labute approximate surface area is 216 Å². The van der Waals surface area contributed by atoms with Gasteiger partial charge in [0, 0.05) is 50.6 Å². The molecule has 1 saturated heterocycles. The largest absolute Gasteiger partial charge is 1.00 e. The van der Waals surface area contributed by atoms with Crippen molar-refractivity contribution in [3.05, 3.63) is 46.6 Å². The SMILES string of the molecule is CN(C)c1ccc(C(F)(F)F)cc1C(=O)N=c1cc(C(C)(C)C)n(C)n1C[C@H]1CCCO1.[H-].[Na+]. The number of nitrogens with zero attached hydrogens (tertiary/aromatic N) is 4. The van der Waals surface area contributed by atoms with Gasteiger partial charge in [0.15, 0.2) is 5.49 Å². The molecule has 1 aromatic carbocycles. The number of carbonyl (C=O) groups is 1. The molecule has 3 rings (SSSR count). The van der Waals surface area contributed by atoms with Crippen molar-refractivity contribution < 1.29 is 53.7 Å². The maximum atomic E-state index is 13.3. The third-order valence-corrected chi connectivity index (χ3v) is 5.66. The van der Waals surface area contributed by atoms with Crippen LogP contribution in [0.5, 0.6) is 0 Å². The Kier molecular flexibility index (Phi) is 8.71. The van der Waals surface area contributed by atoms with E-state index in [9.17, 15) is 18.0 Å². The van der Waals surface area contributed by atoms with Crippen molar-refractivity contribution in [3.8, 4) is 0 Å². The number of anilines is 1. The summed E-state index contributed by atoms with van der Waals surface area (Å²) in [6.45, 7) is 7.38. The summed E-state index contributed by atoms with van der Waals surface area (Å²) >= 11 is 0. The van der Waals surface area contributed by atoms with E-state index in [1.54, 1.807) is 19.0 Å². The van der Waals surface area contributed by atoms with Gasteiger partial charge in [-0.15, -0.1) is 0 Å². The second-order valence-electron chi connectivity index (χ2n) is 9.42. The summed E-state index contributed by atoms with van der Waals surface area (Å²) in [5.41, 5.74) is 0.560. The number of hydrogen-bond donors (Lipinski definition) is 0. The Morgan fingerprint density at radius 1 is 1.24 bits per heavy atom. The predicted octanol–water partition coefficient (Wildman–Crippen LogP) is 1.25. The number of amides is 1. The van der Waals surface area contributed by atoms with Gasteiger partial charge in [0.05, 0.1) is 23.8 Å². The zero-order valence-electron chi connectivity index (χ0n) is 21.5. The van der Waals surface area contributed by atoms with Crippen molar-refractivity contribution in [2.24, 2.45) is 12.0 Å². The molecule has 0 bridgehead atoms. The first-order chi connectivity index (χ1) is 14.8. The van der Waals surface area contributed by atoms with Crippen LogP contribution in [0.3, 0.4) is 0 Å². The molecule has 1 aromatic heterocycles. The normalized spacial score (nSPS) is 17.2. The maximum Gasteiger partial charge on any atom is 1.00 e. The monoisotopic (exact) mass is 476 g/mol. The molecule has 0 N–H and O–H groups in total. The number of alkyl halides is 3. The van der Waals surface area contributed by atoms with E-state index in [1.165, 1.54) is 6.07 Å². The maximum absolute atomic E-state index is 13.3. The van der Waals surface area contributed by atoms with Crippen molar-refractivity contribution >= 4 is 11.6 Å². The molecule has 1 amide bonds. The van der Waals surface area contributed by atoms with E-state index in [-0.39, 0.29) is 48.1 Å². The summed E-state index contributed by atoms with van der Waals surface area (Å²) in [5.74, 6) is -0.716. The molecule has 0 spiro atoms. The van der Waals surface area contributed by atoms with Crippen molar-refractivity contribution in [2.45, 2.75) is 57.9 Å². The predicted molar refractivity (Wildman–Crippen MR) is 118 cm³/mol. The molecule has 1 atom stereocenters. The molecule has 1 aliphatic rings. The second kappa shape index (κ2) is 10.4. The molecule has 1 fully saturated rings. The van der Waals surface area contributed by atoms with Gasteiger partial charge in [-0.3, -0.25) is 14.2 Å². The Hall–Kier alpha value is -1.55. The standard InChI is InChI=1S/C23H31F3N4O2.Na.H/c1-22(2,3)19-13-20(30(29(19)6)14-16-8-7-11-32-16)27-21(31)17-12-15(23(24,25)26)9-10-18(17)28(4)5;;/h9-10,12-13,16H,7-8,11,14H2,1-6H3;;/q;+1;-1/t16-;;/m1../s1. The molecule has 33 heavy (non-hydrogen) atoms. The van der Waals surface area contributed by atoms with Crippen molar-refractivity contribution in [1.29, 1.82) is 0 Å². The van der Waals surface area contributed by atoms with E-state index < -0.39 is 17.6 Å². The van der Waals surface area contributed by atoms with Crippen LogP contribution < -0.4 is 39.9 Å². The van der Waals surface area contributed by atoms with Crippen LogP contribution >= 0.6 is 0 Å². The van der Waals surface area contributed by atoms with Gasteiger partial charge in [0.25, 0.3) is 5.91 Å².